The van der Waals surface area contributed by atoms with Gasteiger partial charge in [0.1, 0.15) is 0 Å². The first-order valence-corrected chi connectivity index (χ1v) is 2.85. The van der Waals surface area contributed by atoms with E-state index >= 15 is 0 Å². The van der Waals surface area contributed by atoms with E-state index in [0.717, 1.165) is 5.01 Å². The summed E-state index contributed by atoms with van der Waals surface area (Å²) < 4.78 is 0. The maximum atomic E-state index is 10.6. The number of hydrazine groups is 1. The molecule has 0 fully saturated rings. The largest absolute Gasteiger partial charge is 0.569 e. The molecule has 7 nitrogen and oxygen atoms in total. The van der Waals surface area contributed by atoms with Crippen molar-refractivity contribution in [2.75, 3.05) is 20.6 Å². The molecule has 0 saturated heterocycles. The first kappa shape index (κ1) is 9.47. The lowest BCUT2D eigenvalue weighted by Gasteiger charge is -2.10. The molecule has 11 heavy (non-hydrogen) atoms. The van der Waals surface area contributed by atoms with Crippen LogP contribution in [0.4, 0.5) is 0 Å². The maximum Gasteiger partial charge on any atom is 0.245 e. The number of hydrogen-bond donors (Lipinski definition) is 2. The maximum absolute atomic E-state index is 10.6. The van der Waals surface area contributed by atoms with Crippen LogP contribution in [0.25, 0.3) is 0 Å². The van der Waals surface area contributed by atoms with E-state index in [4.69, 9.17) is 5.21 Å². The topological polar surface area (TPSA) is 91.0 Å². The average Bonchev–Trinajstić information content (AvgIpc) is 2.02. The number of hydrogen-bond acceptors (Lipinski definition) is 3. The number of carbonyl (C=O) groups is 1. The summed E-state index contributed by atoms with van der Waals surface area (Å²) in [5, 5.41) is 23.9. The molecule has 0 heterocycles. The Morgan fingerprint density at radius 3 is 2.82 bits per heavy atom. The summed E-state index contributed by atoms with van der Waals surface area (Å²) in [6.45, 7) is -0.149. The number of rotatable bonds is 3. The molecule has 2 N–H and O–H groups in total. The number of likely N-dealkylation sites (N-methyl/N-ethyl adjacent to an activating group) is 2. The van der Waals surface area contributed by atoms with E-state index in [1.165, 1.54) is 14.1 Å². The van der Waals surface area contributed by atoms with Crippen molar-refractivity contribution in [1.29, 1.82) is 0 Å². The normalized spacial score (nSPS) is 10.9. The van der Waals surface area contributed by atoms with Gasteiger partial charge in [-0.25, -0.2) is 0 Å². The molecule has 0 aliphatic carbocycles. The van der Waals surface area contributed by atoms with Crippen molar-refractivity contribution in [2.45, 2.75) is 0 Å². The van der Waals surface area contributed by atoms with Crippen LogP contribution in [0.5, 0.6) is 0 Å². The predicted octanol–water partition coefficient (Wildman–Crippen LogP) is -1.07. The fourth-order valence-electron chi connectivity index (χ4n) is 0.416. The van der Waals surface area contributed by atoms with E-state index in [1.54, 1.807) is 0 Å². The van der Waals surface area contributed by atoms with Gasteiger partial charge >= 0.3 is 0 Å². The Labute approximate surface area is 63.4 Å². The Kier molecular flexibility index (Phi) is 3.71. The minimum Gasteiger partial charge on any atom is -0.569 e. The summed E-state index contributed by atoms with van der Waals surface area (Å²) in [6.07, 6.45) is 0. The third kappa shape index (κ3) is 3.23. The van der Waals surface area contributed by atoms with E-state index in [0.29, 0.717) is 0 Å². The minimum absolute atomic E-state index is 0.0881. The fourth-order valence-corrected chi connectivity index (χ4v) is 0.416. The summed E-state index contributed by atoms with van der Waals surface area (Å²) in [6, 6.07) is 0. The molecule has 0 rings (SSSR count). The molecule has 0 aliphatic heterocycles. The average molecular weight is 162 g/mol. The monoisotopic (exact) mass is 162 g/mol. The van der Waals surface area contributed by atoms with Gasteiger partial charge in [0.25, 0.3) is 0 Å². The second-order valence-corrected chi connectivity index (χ2v) is 1.83. The van der Waals surface area contributed by atoms with Gasteiger partial charge in [0.05, 0.1) is 12.0 Å². The van der Waals surface area contributed by atoms with Crippen LogP contribution >= 0.6 is 0 Å². The third-order valence-corrected chi connectivity index (χ3v) is 1.02. The zero-order valence-electron chi connectivity index (χ0n) is 6.31. The van der Waals surface area contributed by atoms with Crippen LogP contribution in [0, 0.1) is 5.21 Å². The highest BCUT2D eigenvalue weighted by atomic mass is 16.6. The van der Waals surface area contributed by atoms with Crippen molar-refractivity contribution in [3.8, 4) is 0 Å². The zero-order chi connectivity index (χ0) is 8.85. The lowest BCUT2D eigenvalue weighted by atomic mass is 10.6. The first-order valence-electron chi connectivity index (χ1n) is 2.85. The third-order valence-electron chi connectivity index (χ3n) is 1.02. The lowest BCUT2D eigenvalue weighted by molar-refractivity contribution is -0.701. The highest BCUT2D eigenvalue weighted by molar-refractivity contribution is 5.77. The molecule has 0 radical (unpaired) electrons. The van der Waals surface area contributed by atoms with E-state index in [1.807, 2.05) is 0 Å². The highest BCUT2D eigenvalue weighted by Gasteiger charge is 2.09. The summed E-state index contributed by atoms with van der Waals surface area (Å²) >= 11 is 0. The van der Waals surface area contributed by atoms with Crippen LogP contribution in [-0.4, -0.2) is 41.7 Å². The molecule has 0 aromatic rings. The number of amides is 1. The standard InChI is InChI=1S/C4H10N4O3/c1-5-4(9)3-7(2)8(11)6-10/h10H,3H2,1-2H3,(H,5,9)/b8-6-. The predicted molar refractivity (Wildman–Crippen MR) is 34.5 cm³/mol. The van der Waals surface area contributed by atoms with Gasteiger partial charge in [0.15, 0.2) is 6.54 Å². The van der Waals surface area contributed by atoms with Gasteiger partial charge in [-0.3, -0.25) is 4.79 Å². The highest BCUT2D eigenvalue weighted by Crippen LogP contribution is 1.82. The van der Waals surface area contributed by atoms with Crippen molar-refractivity contribution in [3.63, 3.8) is 0 Å². The van der Waals surface area contributed by atoms with Crippen molar-refractivity contribution in [3.05, 3.63) is 5.21 Å². The smallest absolute Gasteiger partial charge is 0.245 e. The summed E-state index contributed by atoms with van der Waals surface area (Å²) in [5.74, 6) is -0.336. The fraction of sp³-hybridized carbons (Fsp3) is 0.750. The molecule has 0 spiro atoms. The Morgan fingerprint density at radius 1 is 1.91 bits per heavy atom. The quantitative estimate of drug-likeness (QED) is 0.314. The van der Waals surface area contributed by atoms with Gasteiger partial charge in [0.2, 0.25) is 11.2 Å². The molecule has 7 heteroatoms. The van der Waals surface area contributed by atoms with Crippen molar-refractivity contribution < 1.29 is 15.0 Å². The van der Waals surface area contributed by atoms with E-state index < -0.39 is 0 Å². The minimum atomic E-state index is -0.336. The van der Waals surface area contributed by atoms with Gasteiger partial charge in [-0.15, -0.1) is 5.01 Å². The summed E-state index contributed by atoms with van der Waals surface area (Å²) in [5.41, 5.74) is 0. The molecule has 1 amide bonds. The Hall–Kier alpha value is -1.53. The van der Waals surface area contributed by atoms with Crippen molar-refractivity contribution >= 4 is 5.91 Å². The van der Waals surface area contributed by atoms with Crippen LogP contribution in [0.2, 0.25) is 0 Å². The molecule has 0 aromatic heterocycles. The molecule has 0 bridgehead atoms. The van der Waals surface area contributed by atoms with Crippen LogP contribution in [-0.2, 0) is 4.79 Å². The summed E-state index contributed by atoms with van der Waals surface area (Å²) in [7, 11) is 2.77. The second kappa shape index (κ2) is 4.31. The Morgan fingerprint density at radius 2 is 2.45 bits per heavy atom. The zero-order valence-corrected chi connectivity index (χ0v) is 6.31. The van der Waals surface area contributed by atoms with Gasteiger partial charge in [-0.2, -0.15) is 0 Å². The molecule has 0 saturated carbocycles. The molecular weight excluding hydrogens is 152 g/mol. The van der Waals surface area contributed by atoms with E-state index in [-0.39, 0.29) is 17.4 Å². The van der Waals surface area contributed by atoms with Gasteiger partial charge in [-0.05, 0) is 0 Å². The lowest BCUT2D eigenvalue weighted by Crippen LogP contribution is -2.36. The Balaban J connectivity index is 3.87. The van der Waals surface area contributed by atoms with Gasteiger partial charge in [-0.1, -0.05) is 0 Å². The first-order chi connectivity index (χ1) is 5.11. The molecule has 0 aromatic carbocycles. The van der Waals surface area contributed by atoms with Crippen LogP contribution in [0.1, 0.15) is 0 Å². The van der Waals surface area contributed by atoms with Gasteiger partial charge in [0, 0.05) is 7.05 Å². The number of nitrogens with zero attached hydrogens (tertiary/aromatic N) is 3. The Bertz CT molecular complexity index is 169. The van der Waals surface area contributed by atoms with E-state index in [9.17, 15) is 10.0 Å². The van der Waals surface area contributed by atoms with Crippen LogP contribution < -0.4 is 5.32 Å². The van der Waals surface area contributed by atoms with Crippen LogP contribution in [0.3, 0.4) is 0 Å². The number of carbonyl (C=O) groups excluding carboxylic acids is 1. The molecular formula is C4H10N4O3. The van der Waals surface area contributed by atoms with Crippen LogP contribution in [0.15, 0.2) is 5.28 Å². The molecule has 0 atom stereocenters. The van der Waals surface area contributed by atoms with Gasteiger partial charge < -0.3 is 15.7 Å². The number of nitrogens with one attached hydrogen (secondary N) is 1. The van der Waals surface area contributed by atoms with Crippen molar-refractivity contribution in [1.82, 2.24) is 10.3 Å². The van der Waals surface area contributed by atoms with E-state index in [2.05, 4.69) is 10.6 Å². The molecule has 0 aliphatic rings. The molecule has 0 unspecified atom stereocenters. The SMILES string of the molecule is CNC(=O)CN(C)/[N+]([O-])=N/O. The summed E-state index contributed by atoms with van der Waals surface area (Å²) in [4.78, 5) is 10.5. The second-order valence-electron chi connectivity index (χ2n) is 1.83. The molecule has 64 valence electrons. The van der Waals surface area contributed by atoms with Crippen molar-refractivity contribution in [2.24, 2.45) is 5.28 Å².